The van der Waals surface area contributed by atoms with Crippen molar-refractivity contribution in [2.75, 3.05) is 13.7 Å². The number of carbonyl (C=O) groups excluding carboxylic acids is 1. The molecule has 0 amide bonds. The van der Waals surface area contributed by atoms with Gasteiger partial charge in [-0.25, -0.2) is 0 Å². The molecule has 0 fully saturated rings. The number of thiophene rings is 1. The number of ketones is 1. The molecule has 1 heterocycles. The third-order valence-electron chi connectivity index (χ3n) is 2.77. The van der Waals surface area contributed by atoms with Crippen molar-refractivity contribution in [3.63, 3.8) is 0 Å². The highest BCUT2D eigenvalue weighted by molar-refractivity contribution is 7.12. The van der Waals surface area contributed by atoms with Gasteiger partial charge in [0.15, 0.2) is 18.1 Å². The van der Waals surface area contributed by atoms with Gasteiger partial charge >= 0.3 is 0 Å². The van der Waals surface area contributed by atoms with E-state index in [2.05, 4.69) is 0 Å². The topological polar surface area (TPSA) is 35.5 Å². The molecule has 4 heteroatoms. The molecule has 0 atom stereocenters. The van der Waals surface area contributed by atoms with Crippen molar-refractivity contribution in [2.45, 2.75) is 13.8 Å². The lowest BCUT2D eigenvalue weighted by molar-refractivity contribution is 0.0919. The minimum atomic E-state index is -0.00671. The highest BCUT2D eigenvalue weighted by Crippen LogP contribution is 2.26. The van der Waals surface area contributed by atoms with E-state index in [0.717, 1.165) is 15.3 Å². The maximum absolute atomic E-state index is 12.1. The molecule has 0 aliphatic heterocycles. The van der Waals surface area contributed by atoms with Crippen molar-refractivity contribution in [1.29, 1.82) is 0 Å². The lowest BCUT2D eigenvalue weighted by atomic mass is 10.2. The number of benzene rings is 1. The van der Waals surface area contributed by atoms with Crippen LogP contribution in [0.5, 0.6) is 11.5 Å². The van der Waals surface area contributed by atoms with Crippen molar-refractivity contribution in [2.24, 2.45) is 0 Å². The van der Waals surface area contributed by atoms with Crippen molar-refractivity contribution in [3.8, 4) is 11.5 Å². The highest BCUT2D eigenvalue weighted by atomic mass is 32.1. The summed E-state index contributed by atoms with van der Waals surface area (Å²) in [6.45, 7) is 3.97. The van der Waals surface area contributed by atoms with E-state index in [1.165, 1.54) is 0 Å². The Balaban J connectivity index is 2.06. The number of rotatable bonds is 5. The lowest BCUT2D eigenvalue weighted by Crippen LogP contribution is -2.12. The third kappa shape index (κ3) is 3.15. The molecular formula is C15H16O3S. The van der Waals surface area contributed by atoms with E-state index in [4.69, 9.17) is 9.47 Å². The maximum Gasteiger partial charge on any atom is 0.201 e. The van der Waals surface area contributed by atoms with Crippen LogP contribution >= 0.6 is 11.3 Å². The van der Waals surface area contributed by atoms with Gasteiger partial charge in [-0.15, -0.1) is 11.3 Å². The summed E-state index contributed by atoms with van der Waals surface area (Å²) < 4.78 is 10.7. The fraction of sp³-hybridized carbons (Fsp3) is 0.267. The summed E-state index contributed by atoms with van der Waals surface area (Å²) in [4.78, 5) is 14.3. The molecule has 0 N–H and O–H groups in total. The number of methoxy groups -OCH3 is 1. The second-order valence-electron chi connectivity index (χ2n) is 4.19. The maximum atomic E-state index is 12.1. The van der Waals surface area contributed by atoms with Gasteiger partial charge in [0.25, 0.3) is 0 Å². The zero-order valence-electron chi connectivity index (χ0n) is 11.2. The number of para-hydroxylation sites is 2. The molecule has 19 heavy (non-hydrogen) atoms. The first-order chi connectivity index (χ1) is 9.11. The summed E-state index contributed by atoms with van der Waals surface area (Å²) in [6, 6.07) is 9.22. The summed E-state index contributed by atoms with van der Waals surface area (Å²) in [5.74, 6) is 1.21. The average Bonchev–Trinajstić information content (AvgIpc) is 2.75. The van der Waals surface area contributed by atoms with Crippen LogP contribution in [0.4, 0.5) is 0 Å². The number of hydrogen-bond donors (Lipinski definition) is 0. The predicted octanol–water partition coefficient (Wildman–Crippen LogP) is 3.64. The van der Waals surface area contributed by atoms with Crippen LogP contribution in [0.3, 0.4) is 0 Å². The third-order valence-corrected chi connectivity index (χ3v) is 3.74. The van der Waals surface area contributed by atoms with Gasteiger partial charge in [-0.1, -0.05) is 12.1 Å². The van der Waals surface area contributed by atoms with Gasteiger partial charge in [-0.05, 0) is 32.0 Å². The first kappa shape index (κ1) is 13.6. The molecule has 0 saturated heterocycles. The molecule has 3 nitrogen and oxygen atoms in total. The smallest absolute Gasteiger partial charge is 0.201 e. The first-order valence-electron chi connectivity index (χ1n) is 5.98. The van der Waals surface area contributed by atoms with Crippen LogP contribution in [0.25, 0.3) is 0 Å². The summed E-state index contributed by atoms with van der Waals surface area (Å²) in [5, 5.41) is 0. The molecular weight excluding hydrogens is 260 g/mol. The van der Waals surface area contributed by atoms with Crippen molar-refractivity contribution in [3.05, 3.63) is 45.6 Å². The molecule has 2 rings (SSSR count). The minimum absolute atomic E-state index is 0.00671. The Kier molecular flexibility index (Phi) is 4.22. The minimum Gasteiger partial charge on any atom is -0.493 e. The monoisotopic (exact) mass is 276 g/mol. The molecule has 0 bridgehead atoms. The Labute approximate surface area is 116 Å². The van der Waals surface area contributed by atoms with Crippen LogP contribution in [0.2, 0.25) is 0 Å². The Hall–Kier alpha value is -1.81. The molecule has 0 radical (unpaired) electrons. The van der Waals surface area contributed by atoms with Gasteiger partial charge in [-0.3, -0.25) is 4.79 Å². The summed E-state index contributed by atoms with van der Waals surface area (Å²) in [5.41, 5.74) is 0.748. The normalized spacial score (nSPS) is 10.3. The van der Waals surface area contributed by atoms with E-state index in [-0.39, 0.29) is 12.4 Å². The van der Waals surface area contributed by atoms with Crippen molar-refractivity contribution in [1.82, 2.24) is 0 Å². The van der Waals surface area contributed by atoms with Crippen LogP contribution < -0.4 is 9.47 Å². The summed E-state index contributed by atoms with van der Waals surface area (Å²) in [7, 11) is 1.58. The van der Waals surface area contributed by atoms with Gasteiger partial charge in [-0.2, -0.15) is 0 Å². The van der Waals surface area contributed by atoms with Gasteiger partial charge < -0.3 is 9.47 Å². The standard InChI is InChI=1S/C15H16O3S/c1-10-8-12(11(2)19-10)13(16)9-18-15-7-5-4-6-14(15)17-3/h4-8H,9H2,1-3H3. The molecule has 0 saturated carbocycles. The quantitative estimate of drug-likeness (QED) is 0.782. The molecule has 1 aromatic carbocycles. The van der Waals surface area contributed by atoms with E-state index in [1.807, 2.05) is 32.0 Å². The summed E-state index contributed by atoms with van der Waals surface area (Å²) >= 11 is 1.63. The molecule has 0 aliphatic rings. The number of ether oxygens (including phenoxy) is 2. The second-order valence-corrected chi connectivity index (χ2v) is 5.65. The van der Waals surface area contributed by atoms with Crippen LogP contribution in [0, 0.1) is 13.8 Å². The van der Waals surface area contributed by atoms with E-state index in [1.54, 1.807) is 30.6 Å². The van der Waals surface area contributed by atoms with Gasteiger partial charge in [0, 0.05) is 15.3 Å². The molecule has 1 aromatic heterocycles. The fourth-order valence-corrected chi connectivity index (χ4v) is 2.81. The van der Waals surface area contributed by atoms with Crippen LogP contribution in [0.1, 0.15) is 20.1 Å². The molecule has 0 spiro atoms. The molecule has 0 aliphatic carbocycles. The van der Waals surface area contributed by atoms with Gasteiger partial charge in [0.2, 0.25) is 5.78 Å². The fourth-order valence-electron chi connectivity index (χ4n) is 1.87. The Bertz CT molecular complexity index is 587. The Morgan fingerprint density at radius 2 is 1.89 bits per heavy atom. The lowest BCUT2D eigenvalue weighted by Gasteiger charge is -2.09. The SMILES string of the molecule is COc1ccccc1OCC(=O)c1cc(C)sc1C. The molecule has 2 aromatic rings. The molecule has 100 valence electrons. The average molecular weight is 276 g/mol. The molecule has 0 unspecified atom stereocenters. The van der Waals surface area contributed by atoms with Gasteiger partial charge in [0.1, 0.15) is 0 Å². The summed E-state index contributed by atoms with van der Waals surface area (Å²) in [6.07, 6.45) is 0. The zero-order valence-corrected chi connectivity index (χ0v) is 12.0. The van der Waals surface area contributed by atoms with Crippen LogP contribution in [-0.2, 0) is 0 Å². The largest absolute Gasteiger partial charge is 0.493 e. The predicted molar refractivity (Wildman–Crippen MR) is 76.6 cm³/mol. The van der Waals surface area contributed by atoms with Crippen molar-refractivity contribution < 1.29 is 14.3 Å². The number of carbonyl (C=O) groups is 1. The van der Waals surface area contributed by atoms with E-state index in [0.29, 0.717) is 11.5 Å². The Morgan fingerprint density at radius 1 is 1.21 bits per heavy atom. The van der Waals surface area contributed by atoms with Gasteiger partial charge in [0.05, 0.1) is 7.11 Å². The van der Waals surface area contributed by atoms with Crippen LogP contribution in [-0.4, -0.2) is 19.5 Å². The highest BCUT2D eigenvalue weighted by Gasteiger charge is 2.13. The second kappa shape index (κ2) is 5.89. The number of Topliss-reactive ketones (excluding diaryl/α,β-unsaturated/α-hetero) is 1. The number of hydrogen-bond acceptors (Lipinski definition) is 4. The van der Waals surface area contributed by atoms with E-state index >= 15 is 0 Å². The van der Waals surface area contributed by atoms with E-state index in [9.17, 15) is 4.79 Å². The zero-order chi connectivity index (χ0) is 13.8. The number of aryl methyl sites for hydroxylation is 2. The van der Waals surface area contributed by atoms with Crippen molar-refractivity contribution >= 4 is 17.1 Å². The Morgan fingerprint density at radius 3 is 2.47 bits per heavy atom. The van der Waals surface area contributed by atoms with E-state index < -0.39 is 0 Å². The first-order valence-corrected chi connectivity index (χ1v) is 6.79. The van der Waals surface area contributed by atoms with Crippen LogP contribution in [0.15, 0.2) is 30.3 Å².